The van der Waals surface area contributed by atoms with Crippen molar-refractivity contribution < 1.29 is 14.7 Å². The van der Waals surface area contributed by atoms with Gasteiger partial charge in [-0.3, -0.25) is 9.59 Å². The maximum Gasteiger partial charge on any atom is 0.290 e. The van der Waals surface area contributed by atoms with E-state index in [-0.39, 0.29) is 11.4 Å². The number of benzene rings is 1. The summed E-state index contributed by atoms with van der Waals surface area (Å²) in [6.45, 7) is 6.03. The van der Waals surface area contributed by atoms with E-state index in [2.05, 4.69) is 4.98 Å². The first-order valence-electron chi connectivity index (χ1n) is 9.26. The minimum absolute atomic E-state index is 0.141. The summed E-state index contributed by atoms with van der Waals surface area (Å²) >= 11 is 1.29. The smallest absolute Gasteiger partial charge is 0.290 e. The maximum atomic E-state index is 13.3. The zero-order valence-electron chi connectivity index (χ0n) is 16.8. The van der Waals surface area contributed by atoms with Crippen LogP contribution < -0.4 is 4.90 Å². The second-order valence-electron chi connectivity index (χ2n) is 7.13. The van der Waals surface area contributed by atoms with Gasteiger partial charge in [0.05, 0.1) is 27.2 Å². The standard InChI is InChI=1S/C21H25N3O3S/c1-6-11-24-17(14-7-9-15(10-8-14)23(4)5)16(19(26)21(24)27)18(25)20-12(2)22-13(3)28-20/h7-10,17,26H,6,11H2,1-5H3. The third-order valence-electron chi connectivity index (χ3n) is 4.85. The molecule has 0 spiro atoms. The minimum Gasteiger partial charge on any atom is -0.503 e. The van der Waals surface area contributed by atoms with Gasteiger partial charge in [-0.2, -0.15) is 0 Å². The Bertz CT molecular complexity index is 944. The summed E-state index contributed by atoms with van der Waals surface area (Å²) in [4.78, 5) is 34.4. The summed E-state index contributed by atoms with van der Waals surface area (Å²) in [7, 11) is 3.90. The number of ketones is 1. The molecule has 1 aliphatic rings. The van der Waals surface area contributed by atoms with E-state index in [1.54, 1.807) is 11.8 Å². The Hall–Kier alpha value is -2.67. The number of rotatable bonds is 6. The number of nitrogens with zero attached hydrogens (tertiary/aromatic N) is 3. The molecule has 1 amide bonds. The molecule has 0 fully saturated rings. The van der Waals surface area contributed by atoms with Crippen LogP contribution in [-0.4, -0.2) is 47.3 Å². The molecule has 1 aromatic heterocycles. The third kappa shape index (κ3) is 3.42. The number of carbonyl (C=O) groups excluding carboxylic acids is 2. The highest BCUT2D eigenvalue weighted by molar-refractivity contribution is 7.14. The van der Waals surface area contributed by atoms with Crippen molar-refractivity contribution in [1.82, 2.24) is 9.88 Å². The van der Waals surface area contributed by atoms with Gasteiger partial charge in [0.25, 0.3) is 5.91 Å². The van der Waals surface area contributed by atoms with Crippen molar-refractivity contribution in [3.05, 3.63) is 56.7 Å². The highest BCUT2D eigenvalue weighted by atomic mass is 32.1. The molecule has 0 aliphatic carbocycles. The van der Waals surface area contributed by atoms with E-state index >= 15 is 0 Å². The number of Topliss-reactive ketones (excluding diaryl/α,β-unsaturated/α-hetero) is 1. The Morgan fingerprint density at radius 3 is 2.39 bits per heavy atom. The summed E-state index contributed by atoms with van der Waals surface area (Å²) in [6, 6.07) is 7.12. The molecule has 1 unspecified atom stereocenters. The number of aromatic nitrogens is 1. The van der Waals surface area contributed by atoms with Crippen LogP contribution in [0.25, 0.3) is 0 Å². The molecule has 0 bridgehead atoms. The SMILES string of the molecule is CCCN1C(=O)C(O)=C(C(=O)c2sc(C)nc2C)C1c1ccc(N(C)C)cc1. The molecule has 148 valence electrons. The van der Waals surface area contributed by atoms with Crippen LogP contribution in [0.15, 0.2) is 35.6 Å². The van der Waals surface area contributed by atoms with E-state index in [1.807, 2.05) is 57.1 Å². The largest absolute Gasteiger partial charge is 0.503 e. The van der Waals surface area contributed by atoms with Gasteiger partial charge < -0.3 is 14.9 Å². The first kappa shape index (κ1) is 20.1. The highest BCUT2D eigenvalue weighted by Crippen LogP contribution is 2.40. The van der Waals surface area contributed by atoms with Crippen LogP contribution in [-0.2, 0) is 4.79 Å². The average Bonchev–Trinajstić information content (AvgIpc) is 3.12. The van der Waals surface area contributed by atoms with Crippen molar-refractivity contribution in [1.29, 1.82) is 0 Å². The Balaban J connectivity index is 2.10. The second-order valence-corrected chi connectivity index (χ2v) is 8.33. The van der Waals surface area contributed by atoms with E-state index in [9.17, 15) is 14.7 Å². The summed E-state index contributed by atoms with van der Waals surface area (Å²) in [5, 5.41) is 11.4. The lowest BCUT2D eigenvalue weighted by molar-refractivity contribution is -0.129. The van der Waals surface area contributed by atoms with Gasteiger partial charge in [0.1, 0.15) is 0 Å². The summed E-state index contributed by atoms with van der Waals surface area (Å²) < 4.78 is 0. The van der Waals surface area contributed by atoms with E-state index in [1.165, 1.54) is 11.3 Å². The van der Waals surface area contributed by atoms with Crippen LogP contribution >= 0.6 is 11.3 Å². The van der Waals surface area contributed by atoms with E-state index in [0.717, 1.165) is 22.7 Å². The van der Waals surface area contributed by atoms with Crippen molar-refractivity contribution in [2.75, 3.05) is 25.5 Å². The lowest BCUT2D eigenvalue weighted by Crippen LogP contribution is -2.31. The van der Waals surface area contributed by atoms with Gasteiger partial charge in [-0.25, -0.2) is 4.98 Å². The molecule has 1 aromatic carbocycles. The second kappa shape index (κ2) is 7.75. The van der Waals surface area contributed by atoms with Crippen molar-refractivity contribution in [3.8, 4) is 0 Å². The molecule has 1 N–H and O–H groups in total. The summed E-state index contributed by atoms with van der Waals surface area (Å²) in [6.07, 6.45) is 0.728. The molecule has 28 heavy (non-hydrogen) atoms. The van der Waals surface area contributed by atoms with Crippen LogP contribution in [0.2, 0.25) is 0 Å². The third-order valence-corrected chi connectivity index (χ3v) is 5.92. The van der Waals surface area contributed by atoms with E-state index < -0.39 is 17.7 Å². The Labute approximate surface area is 169 Å². The fourth-order valence-corrected chi connectivity index (χ4v) is 4.40. The predicted octanol–water partition coefficient (Wildman–Crippen LogP) is 3.81. The molecule has 0 saturated heterocycles. The van der Waals surface area contributed by atoms with Crippen molar-refractivity contribution in [3.63, 3.8) is 0 Å². The molecular formula is C21H25N3O3S. The van der Waals surface area contributed by atoms with Gasteiger partial charge in [0, 0.05) is 26.3 Å². The molecule has 7 heteroatoms. The molecule has 1 atom stereocenters. The Morgan fingerprint density at radius 2 is 1.89 bits per heavy atom. The molecule has 0 radical (unpaired) electrons. The van der Waals surface area contributed by atoms with Crippen LogP contribution in [0.5, 0.6) is 0 Å². The predicted molar refractivity (Wildman–Crippen MR) is 111 cm³/mol. The maximum absolute atomic E-state index is 13.3. The molecule has 6 nitrogen and oxygen atoms in total. The molecule has 0 saturated carbocycles. The van der Waals surface area contributed by atoms with Crippen LogP contribution in [0.4, 0.5) is 5.69 Å². The minimum atomic E-state index is -0.599. The number of hydrogen-bond donors (Lipinski definition) is 1. The first-order chi connectivity index (χ1) is 13.3. The number of amides is 1. The number of carbonyl (C=O) groups is 2. The van der Waals surface area contributed by atoms with Gasteiger partial charge >= 0.3 is 0 Å². The lowest BCUT2D eigenvalue weighted by Gasteiger charge is -2.26. The zero-order chi connectivity index (χ0) is 20.6. The number of anilines is 1. The normalized spacial score (nSPS) is 16.8. The van der Waals surface area contributed by atoms with E-state index in [0.29, 0.717) is 17.1 Å². The molecule has 3 rings (SSSR count). The highest BCUT2D eigenvalue weighted by Gasteiger charge is 2.44. The van der Waals surface area contributed by atoms with Crippen molar-refractivity contribution >= 4 is 28.7 Å². The Kier molecular flexibility index (Phi) is 5.56. The molecule has 2 heterocycles. The van der Waals surface area contributed by atoms with Crippen LogP contribution in [0.1, 0.15) is 45.3 Å². The molecule has 1 aliphatic heterocycles. The fraction of sp³-hybridized carbons (Fsp3) is 0.381. The topological polar surface area (TPSA) is 73.7 Å². The quantitative estimate of drug-likeness (QED) is 0.748. The lowest BCUT2D eigenvalue weighted by atomic mass is 9.94. The van der Waals surface area contributed by atoms with Gasteiger partial charge in [-0.15, -0.1) is 11.3 Å². The van der Waals surface area contributed by atoms with Gasteiger partial charge in [-0.1, -0.05) is 19.1 Å². The summed E-state index contributed by atoms with van der Waals surface area (Å²) in [5.74, 6) is -1.27. The van der Waals surface area contributed by atoms with Crippen molar-refractivity contribution in [2.24, 2.45) is 0 Å². The number of thiazole rings is 1. The monoisotopic (exact) mass is 399 g/mol. The van der Waals surface area contributed by atoms with Crippen LogP contribution in [0.3, 0.4) is 0 Å². The Morgan fingerprint density at radius 1 is 1.25 bits per heavy atom. The molecular weight excluding hydrogens is 374 g/mol. The van der Waals surface area contributed by atoms with Gasteiger partial charge in [0.15, 0.2) is 5.76 Å². The van der Waals surface area contributed by atoms with Gasteiger partial charge in [-0.05, 0) is 38.0 Å². The van der Waals surface area contributed by atoms with Gasteiger partial charge in [0.2, 0.25) is 5.78 Å². The fourth-order valence-electron chi connectivity index (χ4n) is 3.52. The zero-order valence-corrected chi connectivity index (χ0v) is 17.6. The average molecular weight is 400 g/mol. The van der Waals surface area contributed by atoms with Crippen molar-refractivity contribution in [2.45, 2.75) is 33.2 Å². The number of aliphatic hydroxyl groups excluding tert-OH is 1. The summed E-state index contributed by atoms with van der Waals surface area (Å²) in [5.41, 5.74) is 2.59. The van der Waals surface area contributed by atoms with E-state index in [4.69, 9.17) is 0 Å². The number of hydrogen-bond acceptors (Lipinski definition) is 6. The van der Waals surface area contributed by atoms with Crippen LogP contribution in [0, 0.1) is 13.8 Å². The number of aliphatic hydroxyl groups is 1. The number of aryl methyl sites for hydroxylation is 2. The first-order valence-corrected chi connectivity index (χ1v) is 10.1. The molecule has 2 aromatic rings.